The van der Waals surface area contributed by atoms with E-state index in [2.05, 4.69) is 21.3 Å². The summed E-state index contributed by atoms with van der Waals surface area (Å²) in [5, 5.41) is 1.84. The second kappa shape index (κ2) is 2.88. The molecular weight excluding hydrogens is 190 g/mol. The molecule has 0 aliphatic heterocycles. The van der Waals surface area contributed by atoms with E-state index in [1.807, 2.05) is 12.1 Å². The quantitative estimate of drug-likeness (QED) is 0.551. The van der Waals surface area contributed by atoms with Gasteiger partial charge in [0.15, 0.2) is 6.33 Å². The van der Waals surface area contributed by atoms with Crippen LogP contribution >= 0.6 is 0 Å². The van der Waals surface area contributed by atoms with E-state index in [-0.39, 0.29) is 5.56 Å². The molecule has 0 unspecified atom stereocenters. The molecule has 3 rings (SSSR count). The van der Waals surface area contributed by atoms with E-state index in [4.69, 9.17) is 0 Å². The molecule has 1 aromatic carbocycles. The Hall–Kier alpha value is -2.23. The second-order valence-corrected chi connectivity index (χ2v) is 3.29. The summed E-state index contributed by atoms with van der Waals surface area (Å²) in [5.74, 6) is 0. The van der Waals surface area contributed by atoms with Gasteiger partial charge in [0.05, 0.1) is 5.52 Å². The van der Waals surface area contributed by atoms with Crippen molar-refractivity contribution in [3.8, 4) is 0 Å². The molecule has 3 aromatic rings. The first-order valence-corrected chi connectivity index (χ1v) is 4.49. The van der Waals surface area contributed by atoms with Crippen molar-refractivity contribution in [3.63, 3.8) is 0 Å². The van der Waals surface area contributed by atoms with E-state index in [0.29, 0.717) is 0 Å². The summed E-state index contributed by atoms with van der Waals surface area (Å²) >= 11 is 0. The van der Waals surface area contributed by atoms with Gasteiger partial charge in [-0.15, -0.1) is 0 Å². The lowest BCUT2D eigenvalue weighted by atomic mass is 10.1. The lowest BCUT2D eigenvalue weighted by Crippen LogP contribution is -2.02. The maximum absolute atomic E-state index is 11.1. The van der Waals surface area contributed by atoms with Gasteiger partial charge < -0.3 is 4.98 Å². The van der Waals surface area contributed by atoms with Crippen LogP contribution < -0.4 is 5.56 Å². The third kappa shape index (κ3) is 1.27. The maximum atomic E-state index is 11.1. The van der Waals surface area contributed by atoms with Gasteiger partial charge in [-0.05, 0) is 18.2 Å². The number of aromatic amines is 1. The van der Waals surface area contributed by atoms with Crippen LogP contribution in [0.1, 0.15) is 0 Å². The Labute approximate surface area is 84.6 Å². The molecule has 0 spiro atoms. The fourth-order valence-corrected chi connectivity index (χ4v) is 1.59. The maximum Gasteiger partial charge on any atom is 0.248 e. The third-order valence-electron chi connectivity index (χ3n) is 2.30. The lowest BCUT2D eigenvalue weighted by molar-refractivity contribution is 1.20. The minimum absolute atomic E-state index is 0.106. The van der Waals surface area contributed by atoms with Gasteiger partial charge in [-0.2, -0.15) is 0 Å². The lowest BCUT2D eigenvalue weighted by Gasteiger charge is -1.99. The zero-order valence-electron chi connectivity index (χ0n) is 7.69. The van der Waals surface area contributed by atoms with Crippen LogP contribution in [-0.4, -0.2) is 15.0 Å². The van der Waals surface area contributed by atoms with E-state index in [1.54, 1.807) is 12.3 Å². The van der Waals surface area contributed by atoms with E-state index >= 15 is 0 Å². The molecule has 4 heteroatoms. The van der Waals surface area contributed by atoms with E-state index in [9.17, 15) is 4.79 Å². The third-order valence-corrected chi connectivity index (χ3v) is 2.30. The molecule has 0 aliphatic rings. The van der Waals surface area contributed by atoms with Crippen molar-refractivity contribution in [2.24, 2.45) is 0 Å². The van der Waals surface area contributed by atoms with Gasteiger partial charge in [0.25, 0.3) is 0 Å². The zero-order valence-corrected chi connectivity index (χ0v) is 7.69. The van der Waals surface area contributed by atoms with Crippen LogP contribution in [0.4, 0.5) is 0 Å². The van der Waals surface area contributed by atoms with Crippen molar-refractivity contribution in [2.75, 3.05) is 0 Å². The minimum atomic E-state index is -0.106. The van der Waals surface area contributed by atoms with E-state index in [0.717, 1.165) is 21.8 Å². The number of benzene rings is 1. The van der Waals surface area contributed by atoms with E-state index < -0.39 is 0 Å². The first-order chi connectivity index (χ1) is 7.33. The second-order valence-electron chi connectivity index (χ2n) is 3.29. The van der Waals surface area contributed by atoms with Crippen LogP contribution in [0.15, 0.2) is 35.3 Å². The molecule has 1 N–H and O–H groups in total. The Morgan fingerprint density at radius 1 is 1.20 bits per heavy atom. The first-order valence-electron chi connectivity index (χ1n) is 4.49. The van der Waals surface area contributed by atoms with Crippen LogP contribution in [0.2, 0.25) is 0 Å². The number of aromatic nitrogens is 3. The number of fused-ring (bicyclic) bond motifs is 2. The number of nitrogens with one attached hydrogen (secondary N) is 1. The molecule has 4 nitrogen and oxygen atoms in total. The summed E-state index contributed by atoms with van der Waals surface area (Å²) < 4.78 is 0. The molecule has 0 bridgehead atoms. The van der Waals surface area contributed by atoms with Gasteiger partial charge in [0.1, 0.15) is 0 Å². The SMILES string of the molecule is O=c1ccc2cc3n[c]ncc3cc2[nH]1. The summed E-state index contributed by atoms with van der Waals surface area (Å²) in [4.78, 5) is 21.7. The number of hydrogen-bond donors (Lipinski definition) is 1. The highest BCUT2D eigenvalue weighted by molar-refractivity contribution is 5.93. The Balaban J connectivity index is 2.53. The number of hydrogen-bond acceptors (Lipinski definition) is 3. The molecule has 0 saturated heterocycles. The molecule has 1 radical (unpaired) electrons. The summed E-state index contributed by atoms with van der Waals surface area (Å²) in [6, 6.07) is 7.04. The highest BCUT2D eigenvalue weighted by Gasteiger charge is 1.99. The van der Waals surface area contributed by atoms with Crippen LogP contribution in [0.3, 0.4) is 0 Å². The van der Waals surface area contributed by atoms with Gasteiger partial charge >= 0.3 is 0 Å². The summed E-state index contributed by atoms with van der Waals surface area (Å²) in [5.41, 5.74) is 1.51. The van der Waals surface area contributed by atoms with Crippen molar-refractivity contribution in [1.82, 2.24) is 15.0 Å². The van der Waals surface area contributed by atoms with Crippen molar-refractivity contribution < 1.29 is 0 Å². The molecule has 71 valence electrons. The fourth-order valence-electron chi connectivity index (χ4n) is 1.59. The Bertz CT molecular complexity index is 703. The Morgan fingerprint density at radius 3 is 3.07 bits per heavy atom. The molecular formula is C11H6N3O. The number of nitrogens with zero attached hydrogens (tertiary/aromatic N) is 2. The van der Waals surface area contributed by atoms with Crippen LogP contribution in [0.25, 0.3) is 21.8 Å². The van der Waals surface area contributed by atoms with Gasteiger partial charge in [0, 0.05) is 28.6 Å². The number of H-pyrrole nitrogens is 1. The average Bonchev–Trinajstić information content (AvgIpc) is 2.26. The minimum Gasteiger partial charge on any atom is -0.322 e. The predicted octanol–water partition coefficient (Wildman–Crippen LogP) is 1.27. The highest BCUT2D eigenvalue weighted by atomic mass is 16.1. The first kappa shape index (κ1) is 8.11. The highest BCUT2D eigenvalue weighted by Crippen LogP contribution is 2.17. The number of pyridine rings is 1. The predicted molar refractivity (Wildman–Crippen MR) is 56.5 cm³/mol. The largest absolute Gasteiger partial charge is 0.322 e. The molecule has 0 saturated carbocycles. The standard InChI is InChI=1S/C11H6N3O/c15-11-2-1-7-3-9-8(4-10(7)14-11)5-12-6-13-9/h1-5H,(H,14,15). The Morgan fingerprint density at radius 2 is 2.13 bits per heavy atom. The van der Waals surface area contributed by atoms with Crippen molar-refractivity contribution in [3.05, 3.63) is 47.1 Å². The normalized spacial score (nSPS) is 10.9. The van der Waals surface area contributed by atoms with Gasteiger partial charge in [-0.1, -0.05) is 0 Å². The van der Waals surface area contributed by atoms with Gasteiger partial charge in [0.2, 0.25) is 5.56 Å². The zero-order chi connectivity index (χ0) is 10.3. The molecule has 0 amide bonds. The molecule has 0 fully saturated rings. The molecule has 2 aromatic heterocycles. The van der Waals surface area contributed by atoms with Crippen LogP contribution in [-0.2, 0) is 0 Å². The van der Waals surface area contributed by atoms with Crippen LogP contribution in [0, 0.1) is 6.33 Å². The van der Waals surface area contributed by atoms with E-state index in [1.165, 1.54) is 6.07 Å². The van der Waals surface area contributed by atoms with Crippen LogP contribution in [0.5, 0.6) is 0 Å². The summed E-state index contributed by atoms with van der Waals surface area (Å²) in [6.45, 7) is 0. The molecule has 0 atom stereocenters. The van der Waals surface area contributed by atoms with Crippen molar-refractivity contribution >= 4 is 21.8 Å². The molecule has 15 heavy (non-hydrogen) atoms. The van der Waals surface area contributed by atoms with Crippen molar-refractivity contribution in [1.29, 1.82) is 0 Å². The molecule has 0 aliphatic carbocycles. The summed E-state index contributed by atoms with van der Waals surface area (Å²) in [7, 11) is 0. The topological polar surface area (TPSA) is 58.6 Å². The summed E-state index contributed by atoms with van der Waals surface area (Å²) in [6.07, 6.45) is 4.21. The number of rotatable bonds is 0. The van der Waals surface area contributed by atoms with Crippen molar-refractivity contribution in [2.45, 2.75) is 0 Å². The Kier molecular flexibility index (Phi) is 1.56. The fraction of sp³-hybridized carbons (Fsp3) is 0. The molecule has 2 heterocycles. The van der Waals surface area contributed by atoms with Gasteiger partial charge in [-0.25, -0.2) is 9.97 Å². The monoisotopic (exact) mass is 196 g/mol. The van der Waals surface area contributed by atoms with Gasteiger partial charge in [-0.3, -0.25) is 4.79 Å². The smallest absolute Gasteiger partial charge is 0.248 e. The average molecular weight is 196 g/mol.